The van der Waals surface area contributed by atoms with Crippen LogP contribution in [0.15, 0.2) is 36.4 Å². The summed E-state index contributed by atoms with van der Waals surface area (Å²) >= 11 is 0. The molecule has 1 saturated carbocycles. The smallest absolute Gasteiger partial charge is 0.490 e. The van der Waals surface area contributed by atoms with Crippen molar-refractivity contribution in [2.24, 2.45) is 5.92 Å². The normalized spacial score (nSPS) is 15.3. The molecule has 0 unspecified atom stereocenters. The molecule has 8 nitrogen and oxygen atoms in total. The van der Waals surface area contributed by atoms with E-state index < -0.39 is 12.1 Å². The number of hydrogen-bond donors (Lipinski definition) is 4. The monoisotopic (exact) mass is 526 g/mol. The number of methoxy groups -OCH3 is 1. The molecule has 2 fully saturated rings. The number of anilines is 2. The number of carbonyl (C=O) groups is 2. The number of hydrogen-bond acceptors (Lipinski definition) is 6. The highest BCUT2D eigenvalue weighted by atomic mass is 19.4. The SMILES string of the molecule is COc1ccc(CNc2ccc(N3CCNCC3)c(C(=O)NCC3CC3)c2)cc1F.O=C(O)C(F)(F)F. The van der Waals surface area contributed by atoms with Crippen molar-refractivity contribution >= 4 is 23.3 Å². The van der Waals surface area contributed by atoms with E-state index in [4.69, 9.17) is 14.6 Å². The topological polar surface area (TPSA) is 103 Å². The number of carboxylic acid groups (broad SMARTS) is 1. The summed E-state index contributed by atoms with van der Waals surface area (Å²) < 4.78 is 50.7. The molecule has 1 amide bonds. The molecule has 12 heteroatoms. The van der Waals surface area contributed by atoms with Crippen molar-refractivity contribution in [2.45, 2.75) is 25.6 Å². The molecule has 4 rings (SSSR count). The van der Waals surface area contributed by atoms with Gasteiger partial charge in [0.05, 0.1) is 12.7 Å². The minimum atomic E-state index is -5.08. The standard InChI is InChI=1S/C23H29FN4O2.C2HF3O2/c1-30-22-7-4-17(12-20(22)24)15-26-18-5-6-21(28-10-8-25-9-11-28)19(13-18)23(29)27-14-16-2-3-16;3-2(4,5)1(6)7/h4-7,12-13,16,25-26H,2-3,8-11,14-15H2,1H3,(H,27,29);(H,6,7). The Morgan fingerprint density at radius 3 is 2.38 bits per heavy atom. The van der Waals surface area contributed by atoms with Gasteiger partial charge in [-0.15, -0.1) is 0 Å². The van der Waals surface area contributed by atoms with Gasteiger partial charge in [-0.05, 0) is 54.7 Å². The average molecular weight is 527 g/mol. The predicted molar refractivity (Wildman–Crippen MR) is 131 cm³/mol. The number of piperazine rings is 1. The second-order valence-electron chi connectivity index (χ2n) is 8.75. The Kier molecular flexibility index (Phi) is 9.56. The molecule has 0 bridgehead atoms. The van der Waals surface area contributed by atoms with Gasteiger partial charge in [0.2, 0.25) is 0 Å². The summed E-state index contributed by atoms with van der Waals surface area (Å²) in [5, 5.41) is 16.9. The lowest BCUT2D eigenvalue weighted by Gasteiger charge is -2.31. The lowest BCUT2D eigenvalue weighted by Crippen LogP contribution is -2.44. The van der Waals surface area contributed by atoms with Crippen LogP contribution in [0.25, 0.3) is 0 Å². The Hall–Kier alpha value is -3.54. The number of benzene rings is 2. The van der Waals surface area contributed by atoms with Gasteiger partial charge in [-0.3, -0.25) is 4.79 Å². The molecule has 0 radical (unpaired) electrons. The van der Waals surface area contributed by atoms with Crippen LogP contribution in [0.1, 0.15) is 28.8 Å². The van der Waals surface area contributed by atoms with Crippen LogP contribution in [0.5, 0.6) is 5.75 Å². The molecule has 2 aliphatic rings. The maximum Gasteiger partial charge on any atom is 0.490 e. The second-order valence-corrected chi connectivity index (χ2v) is 8.75. The van der Waals surface area contributed by atoms with Crippen LogP contribution in [0.2, 0.25) is 0 Å². The van der Waals surface area contributed by atoms with Gasteiger partial charge in [-0.25, -0.2) is 9.18 Å². The first-order valence-electron chi connectivity index (χ1n) is 11.8. The zero-order chi connectivity index (χ0) is 27.0. The fourth-order valence-corrected chi connectivity index (χ4v) is 3.69. The number of ether oxygens (including phenoxy) is 1. The number of alkyl halides is 3. The van der Waals surface area contributed by atoms with Gasteiger partial charge in [0, 0.05) is 50.6 Å². The summed E-state index contributed by atoms with van der Waals surface area (Å²) in [6, 6.07) is 10.8. The quantitative estimate of drug-likeness (QED) is 0.390. The van der Waals surface area contributed by atoms with E-state index in [1.807, 2.05) is 24.3 Å². The van der Waals surface area contributed by atoms with E-state index in [-0.39, 0.29) is 17.5 Å². The molecule has 2 aromatic rings. The zero-order valence-electron chi connectivity index (χ0n) is 20.3. The van der Waals surface area contributed by atoms with Crippen LogP contribution in [-0.2, 0) is 11.3 Å². The summed E-state index contributed by atoms with van der Waals surface area (Å²) in [6.07, 6.45) is -2.68. The molecule has 202 valence electrons. The van der Waals surface area contributed by atoms with Crippen molar-refractivity contribution in [3.8, 4) is 5.75 Å². The Bertz CT molecular complexity index is 1090. The van der Waals surface area contributed by atoms with Crippen molar-refractivity contribution in [3.63, 3.8) is 0 Å². The Balaban J connectivity index is 0.000000479. The first-order chi connectivity index (χ1) is 17.6. The Morgan fingerprint density at radius 1 is 1.14 bits per heavy atom. The summed E-state index contributed by atoms with van der Waals surface area (Å²) in [4.78, 5) is 24.1. The molecular weight excluding hydrogens is 496 g/mol. The number of nitrogens with one attached hydrogen (secondary N) is 3. The third-order valence-corrected chi connectivity index (χ3v) is 5.90. The molecule has 4 N–H and O–H groups in total. The van der Waals surface area contributed by atoms with Gasteiger partial charge in [0.15, 0.2) is 11.6 Å². The van der Waals surface area contributed by atoms with Crippen molar-refractivity contribution < 1.29 is 37.0 Å². The Morgan fingerprint density at radius 2 is 1.81 bits per heavy atom. The maximum absolute atomic E-state index is 13.9. The molecule has 1 heterocycles. The summed E-state index contributed by atoms with van der Waals surface area (Å²) in [5.74, 6) is -2.32. The highest BCUT2D eigenvalue weighted by Gasteiger charge is 2.38. The van der Waals surface area contributed by atoms with Crippen molar-refractivity contribution in [2.75, 3.05) is 50.1 Å². The molecule has 0 aromatic heterocycles. The van der Waals surface area contributed by atoms with Crippen molar-refractivity contribution in [1.29, 1.82) is 0 Å². The number of aliphatic carboxylic acids is 1. The minimum absolute atomic E-state index is 0.0328. The third kappa shape index (κ3) is 8.52. The minimum Gasteiger partial charge on any atom is -0.494 e. The molecule has 1 saturated heterocycles. The van der Waals surface area contributed by atoms with Crippen LogP contribution in [0.4, 0.5) is 28.9 Å². The predicted octanol–water partition coefficient (Wildman–Crippen LogP) is 3.63. The molecule has 2 aromatic carbocycles. The number of amides is 1. The average Bonchev–Trinajstić information content (AvgIpc) is 3.71. The lowest BCUT2D eigenvalue weighted by molar-refractivity contribution is -0.192. The van der Waals surface area contributed by atoms with Crippen LogP contribution in [0, 0.1) is 11.7 Å². The summed E-state index contributed by atoms with van der Waals surface area (Å²) in [7, 11) is 1.45. The highest BCUT2D eigenvalue weighted by molar-refractivity contribution is 6.01. The van der Waals surface area contributed by atoms with Crippen molar-refractivity contribution in [1.82, 2.24) is 10.6 Å². The fraction of sp³-hybridized carbons (Fsp3) is 0.440. The molecule has 37 heavy (non-hydrogen) atoms. The number of rotatable bonds is 8. The van der Waals surface area contributed by atoms with E-state index in [1.165, 1.54) is 26.0 Å². The van der Waals surface area contributed by atoms with E-state index in [2.05, 4.69) is 20.9 Å². The van der Waals surface area contributed by atoms with E-state index >= 15 is 0 Å². The Labute approximate surface area is 212 Å². The first kappa shape index (κ1) is 28.0. The number of carbonyl (C=O) groups excluding carboxylic acids is 1. The largest absolute Gasteiger partial charge is 0.494 e. The maximum atomic E-state index is 13.9. The molecular formula is C25H30F4N4O4. The van der Waals surface area contributed by atoms with Gasteiger partial charge in [-0.2, -0.15) is 13.2 Å². The van der Waals surface area contributed by atoms with Gasteiger partial charge in [0.25, 0.3) is 5.91 Å². The van der Waals surface area contributed by atoms with Crippen LogP contribution >= 0.6 is 0 Å². The van der Waals surface area contributed by atoms with Crippen molar-refractivity contribution in [3.05, 3.63) is 53.3 Å². The van der Waals surface area contributed by atoms with Crippen LogP contribution < -0.4 is 25.6 Å². The summed E-state index contributed by atoms with van der Waals surface area (Å²) in [6.45, 7) is 4.76. The zero-order valence-corrected chi connectivity index (χ0v) is 20.3. The first-order valence-corrected chi connectivity index (χ1v) is 11.8. The molecule has 1 aliphatic heterocycles. The third-order valence-electron chi connectivity index (χ3n) is 5.90. The molecule has 1 aliphatic carbocycles. The second kappa shape index (κ2) is 12.6. The van der Waals surface area contributed by atoms with Crippen LogP contribution in [-0.4, -0.2) is 63.0 Å². The van der Waals surface area contributed by atoms with E-state index in [1.54, 1.807) is 6.07 Å². The van der Waals surface area contributed by atoms with E-state index in [9.17, 15) is 22.4 Å². The number of carboxylic acids is 1. The van der Waals surface area contributed by atoms with Gasteiger partial charge in [-0.1, -0.05) is 6.07 Å². The number of nitrogens with zero attached hydrogens (tertiary/aromatic N) is 1. The van der Waals surface area contributed by atoms with E-state index in [0.29, 0.717) is 18.0 Å². The van der Waals surface area contributed by atoms with Crippen LogP contribution in [0.3, 0.4) is 0 Å². The molecule has 0 spiro atoms. The van der Waals surface area contributed by atoms with Gasteiger partial charge >= 0.3 is 12.1 Å². The highest BCUT2D eigenvalue weighted by Crippen LogP contribution is 2.29. The number of halogens is 4. The van der Waals surface area contributed by atoms with Gasteiger partial charge in [0.1, 0.15) is 0 Å². The fourth-order valence-electron chi connectivity index (χ4n) is 3.69. The summed E-state index contributed by atoms with van der Waals surface area (Å²) in [5.41, 5.74) is 3.29. The van der Waals surface area contributed by atoms with E-state index in [0.717, 1.165) is 49.7 Å². The lowest BCUT2D eigenvalue weighted by atomic mass is 10.1. The van der Waals surface area contributed by atoms with Gasteiger partial charge < -0.3 is 30.7 Å². The molecule has 0 atom stereocenters.